The lowest BCUT2D eigenvalue weighted by Crippen LogP contribution is -1.94. The van der Waals surface area contributed by atoms with Crippen LogP contribution in [0.2, 0.25) is 0 Å². The molecule has 0 saturated carbocycles. The van der Waals surface area contributed by atoms with Gasteiger partial charge in [0.2, 0.25) is 11.7 Å². The first-order valence-corrected chi connectivity index (χ1v) is 7.08. The smallest absolute Gasteiger partial charge is 0.293 e. The van der Waals surface area contributed by atoms with Gasteiger partial charge in [-0.1, -0.05) is 17.3 Å². The minimum Gasteiger partial charge on any atom is -0.480 e. The molecule has 0 spiro atoms. The van der Waals surface area contributed by atoms with Crippen molar-refractivity contribution in [2.45, 2.75) is 6.92 Å². The Kier molecular flexibility index (Phi) is 3.08. The van der Waals surface area contributed by atoms with Crippen molar-refractivity contribution in [2.75, 3.05) is 7.11 Å². The average molecular weight is 307 g/mol. The number of aromatic nitrogens is 3. The number of nitrogens with zero attached hydrogens (tertiary/aromatic N) is 3. The van der Waals surface area contributed by atoms with Crippen LogP contribution in [0.4, 0.5) is 0 Å². The molecule has 0 aliphatic heterocycles. The SMILES string of the molecule is COc1nc2cc(C)ccc2cc1-c1noc(-c2ccco2)n1. The highest BCUT2D eigenvalue weighted by Crippen LogP contribution is 2.31. The van der Waals surface area contributed by atoms with E-state index < -0.39 is 0 Å². The summed E-state index contributed by atoms with van der Waals surface area (Å²) >= 11 is 0. The van der Waals surface area contributed by atoms with Gasteiger partial charge in [-0.15, -0.1) is 0 Å². The molecule has 0 radical (unpaired) electrons. The number of methoxy groups -OCH3 is 1. The summed E-state index contributed by atoms with van der Waals surface area (Å²) in [5, 5.41) is 4.99. The van der Waals surface area contributed by atoms with Crippen molar-refractivity contribution in [3.8, 4) is 28.9 Å². The van der Waals surface area contributed by atoms with E-state index in [4.69, 9.17) is 13.7 Å². The standard InChI is InChI=1S/C17H13N3O3/c1-10-5-6-11-9-12(16(21-2)18-13(11)8-10)15-19-17(23-20-15)14-4-3-7-22-14/h3-9H,1-2H3. The number of furan rings is 1. The predicted octanol–water partition coefficient (Wildman–Crippen LogP) is 3.86. The van der Waals surface area contributed by atoms with Gasteiger partial charge in [0, 0.05) is 5.39 Å². The number of hydrogen-bond donors (Lipinski definition) is 0. The number of fused-ring (bicyclic) bond motifs is 1. The number of hydrogen-bond acceptors (Lipinski definition) is 6. The number of rotatable bonds is 3. The highest BCUT2D eigenvalue weighted by molar-refractivity contribution is 5.85. The van der Waals surface area contributed by atoms with Crippen molar-refractivity contribution in [1.29, 1.82) is 0 Å². The summed E-state index contributed by atoms with van der Waals surface area (Å²) in [5.74, 6) is 1.70. The second kappa shape index (κ2) is 5.24. The van der Waals surface area contributed by atoms with Crippen LogP contribution in [0.3, 0.4) is 0 Å². The van der Waals surface area contributed by atoms with Crippen molar-refractivity contribution < 1.29 is 13.7 Å². The Morgan fingerprint density at radius 1 is 1.09 bits per heavy atom. The first-order valence-electron chi connectivity index (χ1n) is 7.08. The fourth-order valence-corrected chi connectivity index (χ4v) is 2.41. The van der Waals surface area contributed by atoms with E-state index in [1.807, 2.05) is 31.2 Å². The number of ether oxygens (including phenoxy) is 1. The molecular formula is C17H13N3O3. The van der Waals surface area contributed by atoms with Crippen LogP contribution in [0.1, 0.15) is 5.56 Å². The molecule has 0 aliphatic rings. The first kappa shape index (κ1) is 13.5. The summed E-state index contributed by atoms with van der Waals surface area (Å²) in [6.07, 6.45) is 1.56. The van der Waals surface area contributed by atoms with Gasteiger partial charge in [-0.25, -0.2) is 4.98 Å². The van der Waals surface area contributed by atoms with E-state index in [9.17, 15) is 0 Å². The van der Waals surface area contributed by atoms with Gasteiger partial charge >= 0.3 is 0 Å². The molecule has 6 nitrogen and oxygen atoms in total. The summed E-state index contributed by atoms with van der Waals surface area (Å²) in [5.41, 5.74) is 2.67. The molecule has 6 heteroatoms. The van der Waals surface area contributed by atoms with Gasteiger partial charge in [-0.2, -0.15) is 4.98 Å². The lowest BCUT2D eigenvalue weighted by atomic mass is 10.1. The molecule has 0 saturated heterocycles. The molecule has 0 unspecified atom stereocenters. The van der Waals surface area contributed by atoms with Gasteiger partial charge in [0.15, 0.2) is 5.76 Å². The van der Waals surface area contributed by atoms with E-state index in [0.29, 0.717) is 28.9 Å². The summed E-state index contributed by atoms with van der Waals surface area (Å²) in [7, 11) is 1.57. The molecule has 0 bridgehead atoms. The Hall–Kier alpha value is -3.15. The van der Waals surface area contributed by atoms with Gasteiger partial charge in [-0.05, 0) is 36.8 Å². The third kappa shape index (κ3) is 2.34. The highest BCUT2D eigenvalue weighted by Gasteiger charge is 2.17. The van der Waals surface area contributed by atoms with Gasteiger partial charge in [0.1, 0.15) is 0 Å². The molecule has 0 amide bonds. The van der Waals surface area contributed by atoms with Crippen LogP contribution in [0.15, 0.2) is 51.6 Å². The fourth-order valence-electron chi connectivity index (χ4n) is 2.41. The lowest BCUT2D eigenvalue weighted by Gasteiger charge is -2.07. The molecule has 4 aromatic rings. The predicted molar refractivity (Wildman–Crippen MR) is 84.0 cm³/mol. The van der Waals surface area contributed by atoms with Crippen LogP contribution in [0.5, 0.6) is 5.88 Å². The number of aryl methyl sites for hydroxylation is 1. The molecule has 23 heavy (non-hydrogen) atoms. The largest absolute Gasteiger partial charge is 0.480 e. The van der Waals surface area contributed by atoms with Gasteiger partial charge in [0.05, 0.1) is 24.5 Å². The van der Waals surface area contributed by atoms with E-state index in [1.165, 1.54) is 0 Å². The van der Waals surface area contributed by atoms with Crippen LogP contribution in [-0.2, 0) is 0 Å². The van der Waals surface area contributed by atoms with Gasteiger partial charge in [-0.3, -0.25) is 0 Å². The molecule has 3 aromatic heterocycles. The summed E-state index contributed by atoms with van der Waals surface area (Å²) in [6, 6.07) is 11.5. The summed E-state index contributed by atoms with van der Waals surface area (Å²) in [4.78, 5) is 8.90. The maximum atomic E-state index is 5.39. The maximum absolute atomic E-state index is 5.39. The zero-order chi connectivity index (χ0) is 15.8. The normalized spacial score (nSPS) is 11.0. The number of pyridine rings is 1. The summed E-state index contributed by atoms with van der Waals surface area (Å²) < 4.78 is 15.9. The van der Waals surface area contributed by atoms with Crippen LogP contribution < -0.4 is 4.74 Å². The molecule has 1 aromatic carbocycles. The molecule has 0 atom stereocenters. The monoisotopic (exact) mass is 307 g/mol. The van der Waals surface area contributed by atoms with Crippen molar-refractivity contribution >= 4 is 10.9 Å². The van der Waals surface area contributed by atoms with E-state index in [1.54, 1.807) is 25.5 Å². The van der Waals surface area contributed by atoms with Crippen LogP contribution in [0.25, 0.3) is 33.9 Å². The second-order valence-electron chi connectivity index (χ2n) is 5.14. The Morgan fingerprint density at radius 3 is 2.78 bits per heavy atom. The zero-order valence-electron chi connectivity index (χ0n) is 12.6. The minimum atomic E-state index is 0.316. The third-order valence-corrected chi connectivity index (χ3v) is 3.53. The Labute approximate surface area is 131 Å². The molecule has 114 valence electrons. The van der Waals surface area contributed by atoms with Gasteiger partial charge < -0.3 is 13.7 Å². The molecule has 4 rings (SSSR count). The van der Waals surface area contributed by atoms with Crippen LogP contribution >= 0.6 is 0 Å². The first-order chi connectivity index (χ1) is 11.2. The summed E-state index contributed by atoms with van der Waals surface area (Å²) in [6.45, 7) is 2.02. The molecule has 0 N–H and O–H groups in total. The van der Waals surface area contributed by atoms with Crippen molar-refractivity contribution in [2.24, 2.45) is 0 Å². The molecular weight excluding hydrogens is 294 g/mol. The quantitative estimate of drug-likeness (QED) is 0.572. The van der Waals surface area contributed by atoms with Crippen molar-refractivity contribution in [3.63, 3.8) is 0 Å². The van der Waals surface area contributed by atoms with E-state index in [2.05, 4.69) is 15.1 Å². The average Bonchev–Trinajstić information content (AvgIpc) is 3.24. The molecule has 0 aliphatic carbocycles. The van der Waals surface area contributed by atoms with E-state index >= 15 is 0 Å². The lowest BCUT2D eigenvalue weighted by molar-refractivity contribution is 0.398. The van der Waals surface area contributed by atoms with Gasteiger partial charge in [0.25, 0.3) is 5.89 Å². The minimum absolute atomic E-state index is 0.316. The van der Waals surface area contributed by atoms with E-state index in [-0.39, 0.29) is 0 Å². The second-order valence-corrected chi connectivity index (χ2v) is 5.14. The molecule has 0 fully saturated rings. The van der Waals surface area contributed by atoms with Crippen molar-refractivity contribution in [3.05, 3.63) is 48.2 Å². The Balaban J connectivity index is 1.86. The van der Waals surface area contributed by atoms with Crippen LogP contribution in [-0.4, -0.2) is 22.2 Å². The maximum Gasteiger partial charge on any atom is 0.293 e. The third-order valence-electron chi connectivity index (χ3n) is 3.53. The van der Waals surface area contributed by atoms with Crippen molar-refractivity contribution in [1.82, 2.24) is 15.1 Å². The Bertz CT molecular complexity index is 974. The zero-order valence-corrected chi connectivity index (χ0v) is 12.6. The van der Waals surface area contributed by atoms with E-state index in [0.717, 1.165) is 16.5 Å². The topological polar surface area (TPSA) is 74.2 Å². The highest BCUT2D eigenvalue weighted by atomic mass is 16.5. The fraction of sp³-hybridized carbons (Fsp3) is 0.118. The molecule has 3 heterocycles. The van der Waals surface area contributed by atoms with Crippen LogP contribution in [0, 0.1) is 6.92 Å². The number of benzene rings is 1. The Morgan fingerprint density at radius 2 is 2.00 bits per heavy atom.